The number of carbonyl (C=O) groups excluding carboxylic acids is 2. The van der Waals surface area contributed by atoms with Crippen molar-refractivity contribution in [3.05, 3.63) is 53.0 Å². The first kappa shape index (κ1) is 14.8. The van der Waals surface area contributed by atoms with Crippen LogP contribution in [0.3, 0.4) is 0 Å². The highest BCUT2D eigenvalue weighted by Crippen LogP contribution is 2.56. The van der Waals surface area contributed by atoms with Crippen LogP contribution in [0.2, 0.25) is 0 Å². The molecule has 2 aromatic rings. The van der Waals surface area contributed by atoms with Crippen LogP contribution >= 0.6 is 27.7 Å². The third kappa shape index (κ3) is 2.28. The lowest BCUT2D eigenvalue weighted by Gasteiger charge is -2.28. The molecular formula is C17H12BrNO3S. The minimum absolute atomic E-state index is 0.0322. The number of thioether (sulfide) groups is 1. The molecule has 0 radical (unpaired) electrons. The summed E-state index contributed by atoms with van der Waals surface area (Å²) in [5.41, 5.74) is 0.799. The van der Waals surface area contributed by atoms with Crippen molar-refractivity contribution < 1.29 is 14.3 Å². The van der Waals surface area contributed by atoms with Crippen LogP contribution in [0.15, 0.2) is 57.9 Å². The highest BCUT2D eigenvalue weighted by atomic mass is 79.9. The van der Waals surface area contributed by atoms with Gasteiger partial charge in [-0.1, -0.05) is 39.8 Å². The van der Waals surface area contributed by atoms with Crippen LogP contribution in [0.4, 0.5) is 5.69 Å². The van der Waals surface area contributed by atoms with Gasteiger partial charge in [-0.05, 0) is 36.4 Å². The van der Waals surface area contributed by atoms with Crippen LogP contribution in [0, 0.1) is 0 Å². The molecule has 1 saturated heterocycles. The molecule has 1 atom stereocenters. The summed E-state index contributed by atoms with van der Waals surface area (Å²) < 4.78 is 6.48. The number of ether oxygens (including phenoxy) is 1. The molecule has 2 heterocycles. The van der Waals surface area contributed by atoms with Crippen molar-refractivity contribution in [1.29, 1.82) is 0 Å². The summed E-state index contributed by atoms with van der Waals surface area (Å²) >= 11 is 4.76. The summed E-state index contributed by atoms with van der Waals surface area (Å²) in [6.45, 7) is 0. The first-order valence-electron chi connectivity index (χ1n) is 7.19. The van der Waals surface area contributed by atoms with Crippen LogP contribution in [-0.4, -0.2) is 16.7 Å². The van der Waals surface area contributed by atoms with Crippen LogP contribution in [0.1, 0.15) is 12.8 Å². The Morgan fingerprint density at radius 1 is 1.17 bits per heavy atom. The zero-order valence-corrected chi connectivity index (χ0v) is 14.4. The number of amides is 1. The minimum atomic E-state index is -0.978. The molecule has 4 rings (SSSR count). The largest absolute Gasteiger partial charge is 0.424 e. The summed E-state index contributed by atoms with van der Waals surface area (Å²) in [5.74, 6) is 0.0468. The van der Waals surface area contributed by atoms with Gasteiger partial charge in [-0.2, -0.15) is 0 Å². The Morgan fingerprint density at radius 2 is 1.91 bits per heavy atom. The monoisotopic (exact) mass is 389 g/mol. The zero-order chi connectivity index (χ0) is 16.0. The molecule has 0 spiro atoms. The molecule has 2 aliphatic rings. The van der Waals surface area contributed by atoms with Crippen LogP contribution in [0.5, 0.6) is 5.75 Å². The van der Waals surface area contributed by atoms with Crippen molar-refractivity contribution in [2.24, 2.45) is 0 Å². The Labute approximate surface area is 145 Å². The summed E-state index contributed by atoms with van der Waals surface area (Å²) in [7, 11) is 0. The molecule has 1 fully saturated rings. The van der Waals surface area contributed by atoms with Gasteiger partial charge in [-0.15, -0.1) is 0 Å². The quantitative estimate of drug-likeness (QED) is 0.575. The standard InChI is InChI=1S/C17H12BrNO3S/c18-11-5-7-12(8-6-11)22-16(21)17-10-9-15(20)19(17)13-3-1-2-4-14(13)23-17/h1-8H,9-10H2. The fourth-order valence-electron chi connectivity index (χ4n) is 2.96. The maximum atomic E-state index is 12.9. The lowest BCUT2D eigenvalue weighted by atomic mass is 10.2. The Bertz CT molecular complexity index is 808. The fraction of sp³-hybridized carbons (Fsp3) is 0.176. The number of nitrogens with zero attached hydrogens (tertiary/aromatic N) is 1. The zero-order valence-electron chi connectivity index (χ0n) is 12.0. The predicted molar refractivity (Wildman–Crippen MR) is 91.5 cm³/mol. The third-order valence-corrected chi connectivity index (χ3v) is 6.00. The molecular weight excluding hydrogens is 378 g/mol. The van der Waals surface area contributed by atoms with E-state index >= 15 is 0 Å². The highest BCUT2D eigenvalue weighted by molar-refractivity contribution is 9.10. The molecule has 2 aliphatic heterocycles. The lowest BCUT2D eigenvalue weighted by Crippen LogP contribution is -2.48. The van der Waals surface area contributed by atoms with Crippen LogP contribution in [-0.2, 0) is 9.59 Å². The fourth-order valence-corrected chi connectivity index (χ4v) is 4.62. The van der Waals surface area contributed by atoms with Crippen molar-refractivity contribution in [2.45, 2.75) is 22.6 Å². The van der Waals surface area contributed by atoms with Gasteiger partial charge >= 0.3 is 5.97 Å². The van der Waals surface area contributed by atoms with Gasteiger partial charge in [0, 0.05) is 22.2 Å². The third-order valence-electron chi connectivity index (χ3n) is 4.02. The van der Waals surface area contributed by atoms with E-state index in [4.69, 9.17) is 4.74 Å². The van der Waals surface area contributed by atoms with Gasteiger partial charge in [0.25, 0.3) is 0 Å². The van der Waals surface area contributed by atoms with Gasteiger partial charge in [0.2, 0.25) is 5.91 Å². The molecule has 2 aromatic carbocycles. The van der Waals surface area contributed by atoms with E-state index in [1.165, 1.54) is 11.8 Å². The van der Waals surface area contributed by atoms with Crippen molar-refractivity contribution in [1.82, 2.24) is 0 Å². The van der Waals surface area contributed by atoms with Gasteiger partial charge in [-0.3, -0.25) is 9.69 Å². The van der Waals surface area contributed by atoms with E-state index in [2.05, 4.69) is 15.9 Å². The number of anilines is 1. The van der Waals surface area contributed by atoms with E-state index in [0.717, 1.165) is 15.1 Å². The Kier molecular flexibility index (Phi) is 3.46. The first-order chi connectivity index (χ1) is 11.1. The van der Waals surface area contributed by atoms with E-state index in [-0.39, 0.29) is 5.91 Å². The number of esters is 1. The van der Waals surface area contributed by atoms with Gasteiger partial charge in [0.05, 0.1) is 5.69 Å². The molecule has 1 unspecified atom stereocenters. The molecule has 0 aromatic heterocycles. The second-order valence-corrected chi connectivity index (χ2v) is 7.66. The molecule has 0 saturated carbocycles. The summed E-state index contributed by atoms with van der Waals surface area (Å²) in [5, 5.41) is 0. The number of hydrogen-bond acceptors (Lipinski definition) is 4. The average molecular weight is 390 g/mol. The summed E-state index contributed by atoms with van der Waals surface area (Å²) in [6.07, 6.45) is 0.817. The van der Waals surface area contributed by atoms with Crippen molar-refractivity contribution in [3.8, 4) is 5.75 Å². The summed E-state index contributed by atoms with van der Waals surface area (Å²) in [4.78, 5) is 26.8. The number of halogens is 1. The lowest BCUT2D eigenvalue weighted by molar-refractivity contribution is -0.137. The van der Waals surface area contributed by atoms with Crippen LogP contribution < -0.4 is 9.64 Å². The highest BCUT2D eigenvalue weighted by Gasteiger charge is 2.58. The second-order valence-electron chi connectivity index (χ2n) is 5.43. The average Bonchev–Trinajstić information content (AvgIpc) is 3.06. The number of fused-ring (bicyclic) bond motifs is 3. The molecule has 0 bridgehead atoms. The van der Waals surface area contributed by atoms with E-state index in [1.54, 1.807) is 17.0 Å². The molecule has 0 N–H and O–H groups in total. The SMILES string of the molecule is O=C1CCC2(C(=O)Oc3ccc(Br)cc3)Sc3ccccc3N12. The minimum Gasteiger partial charge on any atom is -0.424 e. The van der Waals surface area contributed by atoms with Crippen LogP contribution in [0.25, 0.3) is 0 Å². The van der Waals surface area contributed by atoms with E-state index in [0.29, 0.717) is 18.6 Å². The first-order valence-corrected chi connectivity index (χ1v) is 8.80. The van der Waals surface area contributed by atoms with Gasteiger partial charge in [-0.25, -0.2) is 4.79 Å². The number of carbonyl (C=O) groups is 2. The number of hydrogen-bond donors (Lipinski definition) is 0. The Morgan fingerprint density at radius 3 is 2.70 bits per heavy atom. The van der Waals surface area contributed by atoms with Gasteiger partial charge < -0.3 is 4.74 Å². The molecule has 6 heteroatoms. The van der Waals surface area contributed by atoms with E-state index in [9.17, 15) is 9.59 Å². The number of rotatable bonds is 2. The van der Waals surface area contributed by atoms with Crippen molar-refractivity contribution in [2.75, 3.05) is 4.90 Å². The second kappa shape index (κ2) is 5.39. The molecule has 4 nitrogen and oxygen atoms in total. The topological polar surface area (TPSA) is 46.6 Å². The molecule has 1 amide bonds. The number of para-hydroxylation sites is 1. The molecule has 0 aliphatic carbocycles. The predicted octanol–water partition coefficient (Wildman–Crippen LogP) is 3.98. The molecule has 23 heavy (non-hydrogen) atoms. The van der Waals surface area contributed by atoms with Crippen molar-refractivity contribution >= 4 is 45.3 Å². The van der Waals surface area contributed by atoms with Gasteiger partial charge in [0.15, 0.2) is 4.87 Å². The maximum absolute atomic E-state index is 12.9. The normalized spacial score (nSPS) is 22.0. The van der Waals surface area contributed by atoms with Gasteiger partial charge in [0.1, 0.15) is 5.75 Å². The Hall–Kier alpha value is -1.79. The number of benzene rings is 2. The Balaban J connectivity index is 1.68. The maximum Gasteiger partial charge on any atom is 0.348 e. The van der Waals surface area contributed by atoms with E-state index in [1.807, 2.05) is 36.4 Å². The smallest absolute Gasteiger partial charge is 0.348 e. The van der Waals surface area contributed by atoms with E-state index < -0.39 is 10.8 Å². The van der Waals surface area contributed by atoms with Crippen molar-refractivity contribution in [3.63, 3.8) is 0 Å². The summed E-state index contributed by atoms with van der Waals surface area (Å²) in [6, 6.07) is 14.7. The molecule has 116 valence electrons.